The molecule has 0 aliphatic rings. The first-order valence-corrected chi connectivity index (χ1v) is 1.64. The van der Waals surface area contributed by atoms with Crippen LogP contribution < -0.4 is 0 Å². The zero-order valence-corrected chi connectivity index (χ0v) is 3.64. The first-order valence-electron chi connectivity index (χ1n) is 1.26. The van der Waals surface area contributed by atoms with Gasteiger partial charge in [0.25, 0.3) is 0 Å². The van der Waals surface area contributed by atoms with Gasteiger partial charge in [-0.05, 0) is 0 Å². The molecular weight excluding hydrogens is 103 g/mol. The highest BCUT2D eigenvalue weighted by Crippen LogP contribution is 1.90. The molecule has 34 valence electrons. The van der Waals surface area contributed by atoms with E-state index < -0.39 is 0 Å². The average Bonchev–Trinajstić information content (AvgIpc) is 1.65. The van der Waals surface area contributed by atoms with Crippen LogP contribution in [0.15, 0.2) is 11.3 Å². The molecule has 2 nitrogen and oxygen atoms in total. The van der Waals surface area contributed by atoms with E-state index in [1.54, 1.807) is 0 Å². The Morgan fingerprint density at radius 2 is 2.33 bits per heavy atom. The summed E-state index contributed by atoms with van der Waals surface area (Å²) in [4.78, 5) is 9.38. The van der Waals surface area contributed by atoms with Gasteiger partial charge in [0.2, 0.25) is 0 Å². The van der Waals surface area contributed by atoms with Crippen LogP contribution in [0.3, 0.4) is 0 Å². The lowest BCUT2D eigenvalue weighted by atomic mass is 10.7. The maximum atomic E-state index is 9.38. The van der Waals surface area contributed by atoms with Crippen molar-refractivity contribution in [1.82, 2.24) is 0 Å². The highest BCUT2D eigenvalue weighted by Gasteiger charge is 1.78. The molecule has 6 heavy (non-hydrogen) atoms. The van der Waals surface area contributed by atoms with Gasteiger partial charge in [0.05, 0.1) is 0 Å². The second-order valence-corrected chi connectivity index (χ2v) is 1.07. The minimum absolute atomic E-state index is 0.185. The quantitative estimate of drug-likeness (QED) is 0.305. The van der Waals surface area contributed by atoms with Crippen LogP contribution in [-0.2, 0) is 4.79 Å². The number of aldehydes is 1. The van der Waals surface area contributed by atoms with Crippen LogP contribution in [0.2, 0.25) is 0 Å². The van der Waals surface area contributed by atoms with E-state index in [2.05, 4.69) is 0 Å². The topological polar surface area (TPSA) is 37.3 Å². The highest BCUT2D eigenvalue weighted by atomic mass is 35.5. The van der Waals surface area contributed by atoms with Crippen molar-refractivity contribution in [3.8, 4) is 0 Å². The van der Waals surface area contributed by atoms with Crippen molar-refractivity contribution in [3.63, 3.8) is 0 Å². The van der Waals surface area contributed by atoms with E-state index in [4.69, 9.17) is 16.7 Å². The molecule has 0 aliphatic heterocycles. The van der Waals surface area contributed by atoms with Gasteiger partial charge in [-0.3, -0.25) is 4.79 Å². The molecule has 0 aromatic heterocycles. The van der Waals surface area contributed by atoms with Crippen LogP contribution in [0.4, 0.5) is 0 Å². The monoisotopic (exact) mass is 106 g/mol. The van der Waals surface area contributed by atoms with Crippen molar-refractivity contribution in [2.75, 3.05) is 0 Å². The molecule has 0 radical (unpaired) electrons. The number of carbonyl (C=O) groups excluding carboxylic acids is 1. The molecule has 1 N–H and O–H groups in total. The molecule has 0 aromatic carbocycles. The maximum Gasteiger partial charge on any atom is 0.164 e. The Labute approximate surface area is 40.0 Å². The third kappa shape index (κ3) is 1.79. The van der Waals surface area contributed by atoms with Crippen LogP contribution in [-0.4, -0.2) is 11.4 Å². The Morgan fingerprint density at radius 1 is 1.83 bits per heavy atom. The Bertz CT molecular complexity index is 76.9. The molecule has 0 aromatic rings. The van der Waals surface area contributed by atoms with Gasteiger partial charge in [0.15, 0.2) is 6.29 Å². The van der Waals surface area contributed by atoms with Crippen LogP contribution in [0.25, 0.3) is 0 Å². The fourth-order valence-corrected chi connectivity index (χ4v) is 0.0304. The number of allylic oxidation sites excluding steroid dienone is 1. The zero-order chi connectivity index (χ0) is 4.99. The second kappa shape index (κ2) is 2.72. The van der Waals surface area contributed by atoms with Crippen LogP contribution in [0, 0.1) is 0 Å². The van der Waals surface area contributed by atoms with Gasteiger partial charge in [0.1, 0.15) is 11.3 Å². The molecule has 0 atom stereocenters. The third-order valence-corrected chi connectivity index (χ3v) is 0.423. The predicted molar refractivity (Wildman–Crippen MR) is 22.6 cm³/mol. The van der Waals surface area contributed by atoms with Gasteiger partial charge in [0, 0.05) is 0 Å². The molecular formula is C3H3ClO2. The normalized spacial score (nSPS) is 11.2. The van der Waals surface area contributed by atoms with Crippen molar-refractivity contribution in [1.29, 1.82) is 0 Å². The maximum absolute atomic E-state index is 9.38. The summed E-state index contributed by atoms with van der Waals surface area (Å²) in [5.74, 6) is 0. The summed E-state index contributed by atoms with van der Waals surface area (Å²) in [7, 11) is 0. The van der Waals surface area contributed by atoms with Crippen molar-refractivity contribution in [3.05, 3.63) is 11.3 Å². The fourth-order valence-electron chi connectivity index (χ4n) is 0.0304. The summed E-state index contributed by atoms with van der Waals surface area (Å²) in [6.07, 6.45) is 0.885. The number of aliphatic hydroxyl groups excluding tert-OH is 1. The SMILES string of the molecule is O=C/C(Cl)=C/O. The lowest BCUT2D eigenvalue weighted by Gasteiger charge is -1.69. The highest BCUT2D eigenvalue weighted by molar-refractivity contribution is 6.38. The van der Waals surface area contributed by atoms with Gasteiger partial charge in [-0.15, -0.1) is 0 Å². The van der Waals surface area contributed by atoms with Gasteiger partial charge >= 0.3 is 0 Å². The smallest absolute Gasteiger partial charge is 0.164 e. The summed E-state index contributed by atoms with van der Waals surface area (Å²) >= 11 is 4.89. The summed E-state index contributed by atoms with van der Waals surface area (Å²) in [6, 6.07) is 0. The molecule has 0 saturated carbocycles. The molecule has 0 fully saturated rings. The van der Waals surface area contributed by atoms with Gasteiger partial charge in [-0.2, -0.15) is 0 Å². The molecule has 0 unspecified atom stereocenters. The number of hydrogen-bond donors (Lipinski definition) is 1. The molecule has 0 heterocycles. The van der Waals surface area contributed by atoms with Gasteiger partial charge < -0.3 is 5.11 Å². The molecule has 0 amide bonds. The summed E-state index contributed by atoms with van der Waals surface area (Å²) in [6.45, 7) is 0. The van der Waals surface area contributed by atoms with E-state index in [0.717, 1.165) is 0 Å². The minimum Gasteiger partial charge on any atom is -0.514 e. The van der Waals surface area contributed by atoms with Gasteiger partial charge in [-0.25, -0.2) is 0 Å². The van der Waals surface area contributed by atoms with E-state index in [0.29, 0.717) is 12.5 Å². The zero-order valence-electron chi connectivity index (χ0n) is 2.89. The Balaban J connectivity index is 3.50. The first-order chi connectivity index (χ1) is 2.81. The number of aliphatic hydroxyl groups is 1. The lowest BCUT2D eigenvalue weighted by molar-refractivity contribution is -0.104. The predicted octanol–water partition coefficient (Wildman–Crippen LogP) is 0.823. The Kier molecular flexibility index (Phi) is 2.50. The summed E-state index contributed by atoms with van der Waals surface area (Å²) in [5.41, 5.74) is 0. The van der Waals surface area contributed by atoms with Gasteiger partial charge in [-0.1, -0.05) is 11.6 Å². The summed E-state index contributed by atoms with van der Waals surface area (Å²) in [5, 5.41) is 7.62. The van der Waals surface area contributed by atoms with E-state index in [9.17, 15) is 4.79 Å². The molecule has 0 rings (SSSR count). The van der Waals surface area contributed by atoms with Crippen LogP contribution in [0.1, 0.15) is 0 Å². The number of halogens is 1. The molecule has 0 aliphatic carbocycles. The largest absolute Gasteiger partial charge is 0.514 e. The van der Waals surface area contributed by atoms with E-state index in [-0.39, 0.29) is 5.03 Å². The number of hydrogen-bond acceptors (Lipinski definition) is 2. The molecule has 0 spiro atoms. The van der Waals surface area contributed by atoms with Crippen molar-refractivity contribution in [2.24, 2.45) is 0 Å². The second-order valence-electron chi connectivity index (χ2n) is 0.632. The molecule has 3 heteroatoms. The van der Waals surface area contributed by atoms with Crippen molar-refractivity contribution >= 4 is 17.9 Å². The van der Waals surface area contributed by atoms with Crippen molar-refractivity contribution in [2.45, 2.75) is 0 Å². The summed E-state index contributed by atoms with van der Waals surface area (Å²) < 4.78 is 0. The minimum atomic E-state index is -0.185. The van der Waals surface area contributed by atoms with E-state index >= 15 is 0 Å². The molecule has 0 bridgehead atoms. The fraction of sp³-hybridized carbons (Fsp3) is 0. The number of carbonyl (C=O) groups is 1. The standard InChI is InChI=1S/C3H3ClO2/c4-3(1-5)2-6/h1-2,5H/b3-1-. The lowest BCUT2D eigenvalue weighted by Crippen LogP contribution is -1.67. The van der Waals surface area contributed by atoms with E-state index in [1.165, 1.54) is 0 Å². The van der Waals surface area contributed by atoms with Crippen molar-refractivity contribution < 1.29 is 9.90 Å². The average molecular weight is 107 g/mol. The Morgan fingerprint density at radius 3 is 2.33 bits per heavy atom. The van der Waals surface area contributed by atoms with E-state index in [1.807, 2.05) is 0 Å². The molecule has 0 saturated heterocycles. The van der Waals surface area contributed by atoms with Crippen LogP contribution >= 0.6 is 11.6 Å². The third-order valence-electron chi connectivity index (χ3n) is 0.236. The van der Waals surface area contributed by atoms with Crippen LogP contribution in [0.5, 0.6) is 0 Å². The Hall–Kier alpha value is -0.500. The first kappa shape index (κ1) is 5.50. The number of rotatable bonds is 1.